The normalized spacial score (nSPS) is 15.9. The van der Waals surface area contributed by atoms with Crippen LogP contribution in [0.2, 0.25) is 0 Å². The number of carboxylic acid groups (broad SMARTS) is 1. The molecular weight excluding hydrogens is 693 g/mol. The van der Waals surface area contributed by atoms with Crippen LogP contribution in [0.3, 0.4) is 0 Å². The SMILES string of the molecule is COc1ccc(CSC(CN[C@@H](CCCCNC(=O)OC(C)(C)C)C(=O)N2CCC[C@H]2C(=O)O)[C@H](Cc2ccccc2)NC(=O)c2ccccc2)cc1. The van der Waals surface area contributed by atoms with Gasteiger partial charge in [0.15, 0.2) is 0 Å². The van der Waals surface area contributed by atoms with Crippen LogP contribution >= 0.6 is 11.8 Å². The fourth-order valence-corrected chi connectivity index (χ4v) is 7.47. The minimum Gasteiger partial charge on any atom is -0.497 e. The monoisotopic (exact) mass is 746 g/mol. The number of carbonyl (C=O) groups excluding carboxylic acids is 3. The van der Waals surface area contributed by atoms with Gasteiger partial charge in [0, 0.05) is 42.2 Å². The van der Waals surface area contributed by atoms with Crippen molar-refractivity contribution >= 4 is 35.6 Å². The number of nitrogens with one attached hydrogen (secondary N) is 3. The lowest BCUT2D eigenvalue weighted by atomic mass is 10.0. The number of alkyl carbamates (subject to hydrolysis) is 1. The molecule has 4 atom stereocenters. The Morgan fingerprint density at radius 3 is 2.25 bits per heavy atom. The minimum atomic E-state index is -1.00. The molecular formula is C41H54N4O7S. The van der Waals surface area contributed by atoms with Crippen LogP contribution < -0.4 is 20.7 Å². The summed E-state index contributed by atoms with van der Waals surface area (Å²) in [7, 11) is 1.63. The number of hydrogen-bond donors (Lipinski definition) is 4. The van der Waals surface area contributed by atoms with E-state index in [9.17, 15) is 24.3 Å². The molecule has 0 aromatic heterocycles. The number of carbonyl (C=O) groups is 4. The van der Waals surface area contributed by atoms with E-state index in [0.29, 0.717) is 69.5 Å². The molecule has 1 fully saturated rings. The van der Waals surface area contributed by atoms with Crippen LogP contribution in [0.4, 0.5) is 4.79 Å². The number of unbranched alkanes of at least 4 members (excludes halogenated alkanes) is 1. The van der Waals surface area contributed by atoms with Crippen LogP contribution in [-0.4, -0.2) is 89.6 Å². The zero-order chi connectivity index (χ0) is 38.2. The van der Waals surface area contributed by atoms with E-state index in [1.54, 1.807) is 51.8 Å². The van der Waals surface area contributed by atoms with Crippen molar-refractivity contribution in [1.82, 2.24) is 20.9 Å². The number of rotatable bonds is 19. The van der Waals surface area contributed by atoms with Gasteiger partial charge in [0.25, 0.3) is 5.91 Å². The third-order valence-corrected chi connectivity index (χ3v) is 10.4. The van der Waals surface area contributed by atoms with Crippen molar-refractivity contribution in [2.45, 2.75) is 94.0 Å². The standard InChI is InChI=1S/C41H54N4O7S/c1-41(2,3)52-40(50)42-24-12-11-18-33(38(47)45-25-13-19-35(45)39(48)49)43-27-36(53-28-30-20-22-32(51-4)23-21-30)34(26-29-14-7-5-8-15-29)44-37(46)31-16-9-6-10-17-31/h5-10,14-17,20-23,33-36,43H,11-13,18-19,24-28H2,1-4H3,(H,42,50)(H,44,46)(H,48,49)/t33-,34-,35-,36?/m0/s1. The molecule has 0 spiro atoms. The Kier molecular flexibility index (Phi) is 16.0. The fourth-order valence-electron chi connectivity index (χ4n) is 6.26. The highest BCUT2D eigenvalue weighted by Crippen LogP contribution is 2.26. The second kappa shape index (κ2) is 20.6. The molecule has 1 heterocycles. The van der Waals surface area contributed by atoms with E-state index in [1.165, 1.54) is 4.90 Å². The molecule has 0 aliphatic carbocycles. The number of thioether (sulfide) groups is 1. The number of carboxylic acids is 1. The molecule has 0 saturated carbocycles. The van der Waals surface area contributed by atoms with Crippen molar-refractivity contribution in [3.05, 3.63) is 102 Å². The van der Waals surface area contributed by atoms with Gasteiger partial charge in [0.1, 0.15) is 17.4 Å². The summed E-state index contributed by atoms with van der Waals surface area (Å²) in [6, 6.07) is 25.1. The van der Waals surface area contributed by atoms with Gasteiger partial charge in [-0.05, 0) is 94.7 Å². The Labute approximate surface area is 317 Å². The van der Waals surface area contributed by atoms with Crippen molar-refractivity contribution in [3.8, 4) is 5.75 Å². The van der Waals surface area contributed by atoms with Crippen LogP contribution in [0.1, 0.15) is 74.4 Å². The molecule has 286 valence electrons. The molecule has 1 saturated heterocycles. The topological polar surface area (TPSA) is 146 Å². The van der Waals surface area contributed by atoms with Gasteiger partial charge >= 0.3 is 12.1 Å². The van der Waals surface area contributed by atoms with Crippen molar-refractivity contribution in [2.24, 2.45) is 0 Å². The van der Waals surface area contributed by atoms with Crippen LogP contribution in [0.15, 0.2) is 84.9 Å². The summed E-state index contributed by atoms with van der Waals surface area (Å²) in [5.41, 5.74) is 2.09. The Morgan fingerprint density at radius 2 is 1.60 bits per heavy atom. The summed E-state index contributed by atoms with van der Waals surface area (Å²) >= 11 is 1.69. The lowest BCUT2D eigenvalue weighted by molar-refractivity contribution is -0.149. The van der Waals surface area contributed by atoms with Crippen LogP contribution in [-0.2, 0) is 26.5 Å². The molecule has 11 nitrogen and oxygen atoms in total. The summed E-state index contributed by atoms with van der Waals surface area (Å²) < 4.78 is 10.7. The van der Waals surface area contributed by atoms with E-state index >= 15 is 0 Å². The highest BCUT2D eigenvalue weighted by molar-refractivity contribution is 7.99. The smallest absolute Gasteiger partial charge is 0.407 e. The second-order valence-electron chi connectivity index (χ2n) is 14.2. The Hall–Kier alpha value is -4.55. The quantitative estimate of drug-likeness (QED) is 0.108. The molecule has 0 bridgehead atoms. The summed E-state index contributed by atoms with van der Waals surface area (Å²) in [4.78, 5) is 53.5. The fraction of sp³-hybridized carbons (Fsp3) is 0.463. The van der Waals surface area contributed by atoms with Crippen molar-refractivity contribution in [1.29, 1.82) is 0 Å². The number of methoxy groups -OCH3 is 1. The second-order valence-corrected chi connectivity index (χ2v) is 15.5. The first-order valence-electron chi connectivity index (χ1n) is 18.3. The molecule has 1 aliphatic heterocycles. The first-order chi connectivity index (χ1) is 25.4. The van der Waals surface area contributed by atoms with Gasteiger partial charge in [-0.3, -0.25) is 9.59 Å². The summed E-state index contributed by atoms with van der Waals surface area (Å²) in [6.07, 6.45) is 2.75. The van der Waals surface area contributed by atoms with Gasteiger partial charge in [0.2, 0.25) is 5.91 Å². The van der Waals surface area contributed by atoms with Gasteiger partial charge < -0.3 is 35.4 Å². The van der Waals surface area contributed by atoms with E-state index < -0.39 is 29.7 Å². The number of likely N-dealkylation sites (tertiary alicyclic amines) is 1. The van der Waals surface area contributed by atoms with Gasteiger partial charge in [-0.1, -0.05) is 60.7 Å². The number of benzene rings is 3. The van der Waals surface area contributed by atoms with Gasteiger partial charge in [0.05, 0.1) is 13.2 Å². The number of hydrogen-bond acceptors (Lipinski definition) is 8. The molecule has 3 aromatic carbocycles. The van der Waals surface area contributed by atoms with E-state index in [1.807, 2.05) is 72.8 Å². The Bertz CT molecular complexity index is 1600. The first kappa shape index (κ1) is 41.2. The van der Waals surface area contributed by atoms with Crippen LogP contribution in [0.25, 0.3) is 0 Å². The van der Waals surface area contributed by atoms with Crippen molar-refractivity contribution < 1.29 is 33.8 Å². The summed E-state index contributed by atoms with van der Waals surface area (Å²) in [5, 5.41) is 19.3. The highest BCUT2D eigenvalue weighted by Gasteiger charge is 2.37. The van der Waals surface area contributed by atoms with Gasteiger partial charge in [-0.2, -0.15) is 11.8 Å². The van der Waals surface area contributed by atoms with Gasteiger partial charge in [-0.15, -0.1) is 0 Å². The molecule has 4 N–H and O–H groups in total. The van der Waals surface area contributed by atoms with Crippen LogP contribution in [0.5, 0.6) is 5.75 Å². The number of aliphatic carboxylic acids is 1. The minimum absolute atomic E-state index is 0.187. The first-order valence-corrected chi connectivity index (χ1v) is 19.4. The van der Waals surface area contributed by atoms with E-state index in [4.69, 9.17) is 9.47 Å². The average Bonchev–Trinajstić information content (AvgIpc) is 3.64. The highest BCUT2D eigenvalue weighted by atomic mass is 32.2. The Balaban J connectivity index is 1.56. The Morgan fingerprint density at radius 1 is 0.925 bits per heavy atom. The summed E-state index contributed by atoms with van der Waals surface area (Å²) in [5.74, 6) is -0.0332. The lowest BCUT2D eigenvalue weighted by Crippen LogP contribution is -2.53. The maximum absolute atomic E-state index is 14.1. The zero-order valence-electron chi connectivity index (χ0n) is 31.2. The van der Waals surface area contributed by atoms with E-state index in [0.717, 1.165) is 16.9 Å². The molecule has 3 amide bonds. The molecule has 53 heavy (non-hydrogen) atoms. The number of ether oxygens (including phenoxy) is 2. The third-order valence-electron chi connectivity index (χ3n) is 9.00. The zero-order valence-corrected chi connectivity index (χ0v) is 32.0. The van der Waals surface area contributed by atoms with Gasteiger partial charge in [-0.25, -0.2) is 9.59 Å². The molecule has 3 aromatic rings. The summed E-state index contributed by atoms with van der Waals surface area (Å²) in [6.45, 7) is 6.53. The molecule has 1 unspecified atom stereocenters. The van der Waals surface area contributed by atoms with Crippen LogP contribution in [0, 0.1) is 0 Å². The average molecular weight is 747 g/mol. The predicted octanol–water partition coefficient (Wildman–Crippen LogP) is 6.07. The van der Waals surface area contributed by atoms with E-state index in [2.05, 4.69) is 16.0 Å². The molecule has 0 radical (unpaired) electrons. The third kappa shape index (κ3) is 13.7. The van der Waals surface area contributed by atoms with Crippen molar-refractivity contribution in [2.75, 3.05) is 26.7 Å². The number of amides is 3. The lowest BCUT2D eigenvalue weighted by Gasteiger charge is -2.32. The maximum Gasteiger partial charge on any atom is 0.407 e. The predicted molar refractivity (Wildman–Crippen MR) is 208 cm³/mol. The largest absolute Gasteiger partial charge is 0.497 e. The maximum atomic E-state index is 14.1. The van der Waals surface area contributed by atoms with E-state index in [-0.39, 0.29) is 23.1 Å². The number of nitrogens with zero attached hydrogens (tertiary/aromatic N) is 1. The molecule has 12 heteroatoms. The molecule has 4 rings (SSSR count). The van der Waals surface area contributed by atoms with Crippen molar-refractivity contribution in [3.63, 3.8) is 0 Å². The molecule has 1 aliphatic rings.